The molecule has 0 heterocycles. The second kappa shape index (κ2) is 9.91. The summed E-state index contributed by atoms with van der Waals surface area (Å²) in [7, 11) is -3.47. The van der Waals surface area contributed by atoms with E-state index in [-0.39, 0.29) is 15.5 Å². The van der Waals surface area contributed by atoms with Crippen LogP contribution in [0.4, 0.5) is 37.7 Å². The number of carbonyl (C=O) groups is 1. The van der Waals surface area contributed by atoms with Gasteiger partial charge in [0.25, 0.3) is 5.69 Å². The number of nitro groups is 1. The lowest BCUT2D eigenvalue weighted by Crippen LogP contribution is -2.16. The van der Waals surface area contributed by atoms with Crippen LogP contribution in [0.25, 0.3) is 0 Å². The number of para-hydroxylation sites is 1. The Bertz CT molecular complexity index is 1010. The Balaban J connectivity index is 2.14. The van der Waals surface area contributed by atoms with Gasteiger partial charge in [-0.2, -0.15) is 26.3 Å². The van der Waals surface area contributed by atoms with Crippen molar-refractivity contribution in [2.45, 2.75) is 25.7 Å². The maximum Gasteiger partial charge on any atom is 0.475 e. The molecule has 1 atom stereocenters. The van der Waals surface area contributed by atoms with Crippen LogP contribution in [0.15, 0.2) is 57.2 Å². The quantitative estimate of drug-likeness (QED) is 0.230. The number of alkyl halides is 6. The minimum atomic E-state index is -5.11. The van der Waals surface area contributed by atoms with Crippen LogP contribution in [-0.2, 0) is 15.6 Å². The van der Waals surface area contributed by atoms with E-state index in [1.807, 2.05) is 0 Å². The molecule has 1 unspecified atom stereocenters. The summed E-state index contributed by atoms with van der Waals surface area (Å²) >= 11 is 0.152. The normalized spacial score (nSPS) is 13.0. The van der Waals surface area contributed by atoms with Gasteiger partial charge in [-0.15, -0.1) is 11.8 Å². The highest BCUT2D eigenvalue weighted by Gasteiger charge is 2.39. The molecule has 0 aliphatic carbocycles. The van der Waals surface area contributed by atoms with E-state index in [4.69, 9.17) is 0 Å². The molecule has 0 bridgehead atoms. The Hall–Kier alpha value is -2.26. The molecule has 6 nitrogen and oxygen atoms in total. The summed E-state index contributed by atoms with van der Waals surface area (Å²) in [6.07, 6.45) is 0. The van der Waals surface area contributed by atoms with Gasteiger partial charge in [-0.25, -0.2) is 4.21 Å². The molecule has 2 rings (SSSR count). The second-order valence-electron chi connectivity index (χ2n) is 5.48. The number of carbonyl (C=O) groups excluding carboxylic acids is 1. The van der Waals surface area contributed by atoms with Crippen molar-refractivity contribution >= 4 is 51.6 Å². The summed E-state index contributed by atoms with van der Waals surface area (Å²) in [6.45, 7) is 0. The van der Waals surface area contributed by atoms with Gasteiger partial charge in [0.15, 0.2) is 10.8 Å². The standard InChI is InChI=1S/C16H10F6N2O4S3/c17-15(18,19)30-12-4-2-1-3-10(12)23-14(25)8-29-13-6-5-9(7-11(13)24(26)27)31(28)16(20,21)22/h1-7H,8H2,(H,23,25). The molecule has 168 valence electrons. The first kappa shape index (κ1) is 25.0. The molecule has 15 heteroatoms. The highest BCUT2D eigenvalue weighted by molar-refractivity contribution is 8.00. The maximum absolute atomic E-state index is 12.6. The van der Waals surface area contributed by atoms with Gasteiger partial charge in [0.2, 0.25) is 5.91 Å². The first-order chi connectivity index (χ1) is 14.3. The molecule has 2 aromatic carbocycles. The largest absolute Gasteiger partial charge is 0.475 e. The lowest BCUT2D eigenvalue weighted by molar-refractivity contribution is -0.387. The molecule has 0 saturated heterocycles. The minimum Gasteiger partial charge on any atom is -0.324 e. The third kappa shape index (κ3) is 7.43. The van der Waals surface area contributed by atoms with E-state index in [1.54, 1.807) is 0 Å². The summed E-state index contributed by atoms with van der Waals surface area (Å²) in [5, 5.41) is 13.4. The molecule has 0 spiro atoms. The molecule has 0 aromatic heterocycles. The molecule has 0 aliphatic heterocycles. The van der Waals surface area contributed by atoms with Crippen molar-refractivity contribution in [2.24, 2.45) is 0 Å². The van der Waals surface area contributed by atoms with Crippen molar-refractivity contribution < 1.29 is 40.3 Å². The number of thioether (sulfide) groups is 2. The molecule has 2 aromatic rings. The average Bonchev–Trinajstić information content (AvgIpc) is 2.65. The molecular weight excluding hydrogens is 494 g/mol. The second-order valence-corrected chi connectivity index (χ2v) is 9.08. The van der Waals surface area contributed by atoms with E-state index in [0.29, 0.717) is 17.8 Å². The summed E-state index contributed by atoms with van der Waals surface area (Å²) < 4.78 is 86.9. The highest BCUT2D eigenvalue weighted by Crippen LogP contribution is 2.40. The number of nitrogens with one attached hydrogen (secondary N) is 1. The average molecular weight is 504 g/mol. The fourth-order valence-electron chi connectivity index (χ4n) is 2.12. The lowest BCUT2D eigenvalue weighted by Gasteiger charge is -2.12. The van der Waals surface area contributed by atoms with Crippen molar-refractivity contribution in [1.29, 1.82) is 0 Å². The van der Waals surface area contributed by atoms with Crippen molar-refractivity contribution in [3.05, 3.63) is 52.6 Å². The van der Waals surface area contributed by atoms with Crippen molar-refractivity contribution in [3.63, 3.8) is 0 Å². The Morgan fingerprint density at radius 3 is 2.29 bits per heavy atom. The zero-order chi connectivity index (χ0) is 23.4. The SMILES string of the molecule is O=C(CSc1ccc(S(=O)C(F)(F)F)cc1[N+](=O)[O-])Nc1ccccc1SC(F)(F)F. The molecular formula is C16H10F6N2O4S3. The number of nitro benzene ring substituents is 1. The predicted molar refractivity (Wildman–Crippen MR) is 103 cm³/mol. The summed E-state index contributed by atoms with van der Waals surface area (Å²) in [5.41, 5.74) is -10.6. The number of nitrogens with zero attached hydrogens (tertiary/aromatic N) is 1. The first-order valence-electron chi connectivity index (χ1n) is 7.82. The van der Waals surface area contributed by atoms with Crippen molar-refractivity contribution in [2.75, 3.05) is 11.1 Å². The molecule has 1 amide bonds. The Morgan fingerprint density at radius 2 is 1.71 bits per heavy atom. The lowest BCUT2D eigenvalue weighted by atomic mass is 10.3. The number of hydrogen-bond donors (Lipinski definition) is 1. The van der Waals surface area contributed by atoms with E-state index in [9.17, 15) is 45.5 Å². The topological polar surface area (TPSA) is 89.3 Å². The fourth-order valence-corrected chi connectivity index (χ4v) is 4.23. The zero-order valence-electron chi connectivity index (χ0n) is 14.8. The van der Waals surface area contributed by atoms with Crippen LogP contribution in [-0.4, -0.2) is 31.8 Å². The van der Waals surface area contributed by atoms with Gasteiger partial charge in [-0.1, -0.05) is 12.1 Å². The number of amides is 1. The van der Waals surface area contributed by atoms with E-state index in [0.717, 1.165) is 18.2 Å². The van der Waals surface area contributed by atoms with Gasteiger partial charge in [0.1, 0.15) is 0 Å². The third-order valence-corrected chi connectivity index (χ3v) is 6.27. The van der Waals surface area contributed by atoms with Gasteiger partial charge >= 0.3 is 11.0 Å². The molecule has 0 saturated carbocycles. The van der Waals surface area contributed by atoms with Gasteiger partial charge in [-0.05, 0) is 36.0 Å². The van der Waals surface area contributed by atoms with Crippen LogP contribution < -0.4 is 5.32 Å². The van der Waals surface area contributed by atoms with Crippen LogP contribution in [0.3, 0.4) is 0 Å². The smallest absolute Gasteiger partial charge is 0.324 e. The third-order valence-electron chi connectivity index (χ3n) is 3.30. The Morgan fingerprint density at radius 1 is 1.06 bits per heavy atom. The monoisotopic (exact) mass is 504 g/mol. The Kier molecular flexibility index (Phi) is 7.99. The highest BCUT2D eigenvalue weighted by atomic mass is 32.2. The molecule has 31 heavy (non-hydrogen) atoms. The van der Waals surface area contributed by atoms with Crippen LogP contribution in [0.5, 0.6) is 0 Å². The van der Waals surface area contributed by atoms with Crippen molar-refractivity contribution in [3.8, 4) is 0 Å². The van der Waals surface area contributed by atoms with Crippen LogP contribution >= 0.6 is 23.5 Å². The van der Waals surface area contributed by atoms with Gasteiger partial charge in [-0.3, -0.25) is 14.9 Å². The number of rotatable bonds is 7. The van der Waals surface area contributed by atoms with Gasteiger partial charge < -0.3 is 5.32 Å². The van der Waals surface area contributed by atoms with Crippen LogP contribution in [0.1, 0.15) is 0 Å². The number of hydrogen-bond acceptors (Lipinski definition) is 6. The van der Waals surface area contributed by atoms with Gasteiger partial charge in [0, 0.05) is 11.0 Å². The summed E-state index contributed by atoms with van der Waals surface area (Å²) in [5.74, 6) is -1.27. The predicted octanol–water partition coefficient (Wildman–Crippen LogP) is 5.56. The molecule has 1 N–H and O–H groups in total. The van der Waals surface area contributed by atoms with Gasteiger partial charge in [0.05, 0.1) is 26.2 Å². The molecule has 0 fully saturated rings. The van der Waals surface area contributed by atoms with E-state index in [1.165, 1.54) is 18.2 Å². The summed E-state index contributed by atoms with van der Waals surface area (Å²) in [6, 6.07) is 7.32. The fraction of sp³-hybridized carbons (Fsp3) is 0.188. The molecule has 0 aliphatic rings. The van der Waals surface area contributed by atoms with Crippen molar-refractivity contribution in [1.82, 2.24) is 0 Å². The van der Waals surface area contributed by atoms with E-state index >= 15 is 0 Å². The first-order valence-corrected chi connectivity index (χ1v) is 10.8. The molecule has 0 radical (unpaired) electrons. The number of halogens is 6. The zero-order valence-corrected chi connectivity index (χ0v) is 17.3. The number of benzene rings is 2. The Labute approximate surface area is 181 Å². The van der Waals surface area contributed by atoms with Crippen LogP contribution in [0.2, 0.25) is 0 Å². The van der Waals surface area contributed by atoms with Crippen LogP contribution in [0, 0.1) is 10.1 Å². The van der Waals surface area contributed by atoms with E-state index < -0.39 is 60.7 Å². The number of anilines is 1. The maximum atomic E-state index is 12.6. The van der Waals surface area contributed by atoms with E-state index in [2.05, 4.69) is 5.32 Å². The summed E-state index contributed by atoms with van der Waals surface area (Å²) in [4.78, 5) is 21.0. The minimum absolute atomic E-state index is 0.124.